The highest BCUT2D eigenvalue weighted by atomic mass is 79.9. The first-order chi connectivity index (χ1) is 11.5. The molecule has 6 heteroatoms. The van der Waals surface area contributed by atoms with Crippen LogP contribution in [-0.4, -0.2) is 28.9 Å². The molecule has 0 aliphatic carbocycles. The number of hydrogen-bond acceptors (Lipinski definition) is 4. The normalized spacial score (nSPS) is 11.2. The second-order valence-corrected chi connectivity index (χ2v) is 6.08. The molecule has 1 aromatic heterocycles. The number of benzene rings is 1. The molecule has 0 bridgehead atoms. The van der Waals surface area contributed by atoms with E-state index < -0.39 is 5.97 Å². The van der Waals surface area contributed by atoms with E-state index in [0.29, 0.717) is 0 Å². The van der Waals surface area contributed by atoms with Crippen LogP contribution in [0.4, 0.5) is 0 Å². The van der Waals surface area contributed by atoms with Crippen molar-refractivity contribution in [2.24, 2.45) is 0 Å². The van der Waals surface area contributed by atoms with Crippen LogP contribution in [0.2, 0.25) is 0 Å². The Balaban J connectivity index is 2.41. The molecule has 0 amide bonds. The van der Waals surface area contributed by atoms with Gasteiger partial charge in [0.15, 0.2) is 0 Å². The van der Waals surface area contributed by atoms with Gasteiger partial charge < -0.3 is 14.4 Å². The smallest absolute Gasteiger partial charge is 0.348 e. The number of esters is 1. The monoisotopic (exact) mass is 388 g/mol. The van der Waals surface area contributed by atoms with Crippen LogP contribution in [-0.2, 0) is 9.53 Å². The summed E-state index contributed by atoms with van der Waals surface area (Å²) in [5, 5.41) is 17.9. The number of nitrogens with zero attached hydrogens (tertiary/aromatic N) is 2. The van der Waals surface area contributed by atoms with E-state index in [1.54, 1.807) is 0 Å². The molecule has 0 radical (unpaired) electrons. The molecule has 1 heterocycles. The lowest BCUT2D eigenvalue weighted by Gasteiger charge is -2.09. The highest BCUT2D eigenvalue weighted by molar-refractivity contribution is 9.10. The van der Waals surface area contributed by atoms with Crippen LogP contribution in [0.1, 0.15) is 17.0 Å². The van der Waals surface area contributed by atoms with Crippen LogP contribution in [0, 0.1) is 25.2 Å². The van der Waals surface area contributed by atoms with E-state index in [1.165, 1.54) is 6.08 Å². The minimum Gasteiger partial charge on any atom is -0.459 e. The van der Waals surface area contributed by atoms with Gasteiger partial charge in [-0.1, -0.05) is 15.9 Å². The Bertz CT molecular complexity index is 814. The second kappa shape index (κ2) is 7.95. The fourth-order valence-corrected chi connectivity index (χ4v) is 2.69. The summed E-state index contributed by atoms with van der Waals surface area (Å²) in [5.74, 6) is -0.736. The van der Waals surface area contributed by atoms with Gasteiger partial charge in [-0.25, -0.2) is 4.79 Å². The van der Waals surface area contributed by atoms with Crippen molar-refractivity contribution in [1.82, 2.24) is 4.57 Å². The van der Waals surface area contributed by atoms with Crippen LogP contribution in [0.5, 0.6) is 0 Å². The summed E-state index contributed by atoms with van der Waals surface area (Å²) in [7, 11) is 0. The Kier molecular flexibility index (Phi) is 5.96. The van der Waals surface area contributed by atoms with E-state index in [9.17, 15) is 10.1 Å². The van der Waals surface area contributed by atoms with Gasteiger partial charge in [0.1, 0.15) is 18.2 Å². The summed E-state index contributed by atoms with van der Waals surface area (Å²) in [6.45, 7) is 3.48. The van der Waals surface area contributed by atoms with E-state index in [2.05, 4.69) is 15.9 Å². The number of aliphatic hydroxyl groups excluding tert-OH is 1. The van der Waals surface area contributed by atoms with E-state index in [0.717, 1.165) is 27.1 Å². The Labute approximate surface area is 148 Å². The van der Waals surface area contributed by atoms with Crippen molar-refractivity contribution in [3.05, 3.63) is 57.3 Å². The van der Waals surface area contributed by atoms with E-state index in [1.807, 2.05) is 54.8 Å². The van der Waals surface area contributed by atoms with Crippen molar-refractivity contribution in [3.63, 3.8) is 0 Å². The van der Waals surface area contributed by atoms with Gasteiger partial charge in [0.25, 0.3) is 0 Å². The summed E-state index contributed by atoms with van der Waals surface area (Å²) >= 11 is 3.41. The summed E-state index contributed by atoms with van der Waals surface area (Å²) in [4.78, 5) is 11.8. The molecule has 124 valence electrons. The van der Waals surface area contributed by atoms with E-state index in [-0.39, 0.29) is 18.8 Å². The summed E-state index contributed by atoms with van der Waals surface area (Å²) in [6.07, 6.45) is 1.51. The average molecular weight is 389 g/mol. The van der Waals surface area contributed by atoms with Crippen LogP contribution < -0.4 is 0 Å². The summed E-state index contributed by atoms with van der Waals surface area (Å²) < 4.78 is 7.84. The molecule has 0 atom stereocenters. The van der Waals surface area contributed by atoms with Crippen molar-refractivity contribution in [1.29, 1.82) is 5.26 Å². The molecule has 1 aromatic carbocycles. The first kappa shape index (κ1) is 18.0. The Hall–Kier alpha value is -2.36. The summed E-state index contributed by atoms with van der Waals surface area (Å²) in [5.41, 5.74) is 3.57. The number of ether oxygens (including phenoxy) is 1. The van der Waals surface area contributed by atoms with Gasteiger partial charge in [-0.2, -0.15) is 5.26 Å². The molecule has 2 rings (SSSR count). The fourth-order valence-electron chi connectivity index (χ4n) is 2.43. The highest BCUT2D eigenvalue weighted by Gasteiger charge is 2.14. The van der Waals surface area contributed by atoms with Gasteiger partial charge in [0, 0.05) is 21.5 Å². The third-order valence-electron chi connectivity index (χ3n) is 3.52. The lowest BCUT2D eigenvalue weighted by Crippen LogP contribution is -2.10. The molecule has 0 saturated heterocycles. The quantitative estimate of drug-likeness (QED) is 0.484. The largest absolute Gasteiger partial charge is 0.459 e. The van der Waals surface area contributed by atoms with Crippen LogP contribution in [0.25, 0.3) is 11.8 Å². The number of aryl methyl sites for hydroxylation is 1. The third-order valence-corrected chi connectivity index (χ3v) is 4.05. The minimum absolute atomic E-state index is 0.0977. The molecule has 5 nitrogen and oxygen atoms in total. The Morgan fingerprint density at radius 2 is 2.04 bits per heavy atom. The van der Waals surface area contributed by atoms with Gasteiger partial charge in [0.2, 0.25) is 0 Å². The topological polar surface area (TPSA) is 75.2 Å². The fraction of sp³-hybridized carbons (Fsp3) is 0.222. The maximum atomic E-state index is 11.8. The van der Waals surface area contributed by atoms with Gasteiger partial charge in [-0.05, 0) is 55.8 Å². The van der Waals surface area contributed by atoms with Crippen LogP contribution in [0.3, 0.4) is 0 Å². The van der Waals surface area contributed by atoms with Gasteiger partial charge in [0.05, 0.1) is 6.61 Å². The van der Waals surface area contributed by atoms with Crippen molar-refractivity contribution in [3.8, 4) is 11.8 Å². The minimum atomic E-state index is -0.736. The number of aromatic nitrogens is 1. The predicted octanol–water partition coefficient (Wildman–Crippen LogP) is 3.30. The number of hydrogen-bond donors (Lipinski definition) is 1. The number of rotatable bonds is 5. The lowest BCUT2D eigenvalue weighted by atomic mass is 10.1. The van der Waals surface area contributed by atoms with Crippen LogP contribution in [0.15, 0.2) is 40.4 Å². The number of halogens is 1. The second-order valence-electron chi connectivity index (χ2n) is 5.17. The van der Waals surface area contributed by atoms with E-state index >= 15 is 0 Å². The van der Waals surface area contributed by atoms with Crippen molar-refractivity contribution < 1.29 is 14.6 Å². The van der Waals surface area contributed by atoms with Gasteiger partial charge >= 0.3 is 5.97 Å². The standard InChI is InChI=1S/C18H17BrN2O3/c1-12-9-14(10-15(11-20)18(23)24-8-7-22)13(2)21(12)17-5-3-16(19)4-6-17/h3-6,9-10,22H,7-8H2,1-2H3/b15-10+. The molecule has 0 saturated carbocycles. The van der Waals surface area contributed by atoms with Crippen molar-refractivity contribution in [2.75, 3.05) is 13.2 Å². The third kappa shape index (κ3) is 3.94. The SMILES string of the molecule is Cc1cc(/C=C(\C#N)C(=O)OCCO)c(C)n1-c1ccc(Br)cc1. The number of aliphatic hydroxyl groups is 1. The average Bonchev–Trinajstić information content (AvgIpc) is 2.85. The van der Waals surface area contributed by atoms with Crippen LogP contribution >= 0.6 is 15.9 Å². The molecule has 0 spiro atoms. The number of carbonyl (C=O) groups excluding carboxylic acids is 1. The maximum absolute atomic E-state index is 11.8. The molecule has 0 fully saturated rings. The van der Waals surface area contributed by atoms with Gasteiger partial charge in [-0.3, -0.25) is 0 Å². The van der Waals surface area contributed by atoms with Crippen molar-refractivity contribution in [2.45, 2.75) is 13.8 Å². The predicted molar refractivity (Wildman–Crippen MR) is 94.6 cm³/mol. The molecule has 0 aliphatic heterocycles. The Morgan fingerprint density at radius 1 is 1.38 bits per heavy atom. The van der Waals surface area contributed by atoms with E-state index in [4.69, 9.17) is 9.84 Å². The van der Waals surface area contributed by atoms with Crippen molar-refractivity contribution >= 4 is 28.0 Å². The molecule has 0 aliphatic rings. The van der Waals surface area contributed by atoms with Gasteiger partial charge in [-0.15, -0.1) is 0 Å². The molecular formula is C18H17BrN2O3. The zero-order valence-corrected chi connectivity index (χ0v) is 15.0. The number of nitriles is 1. The lowest BCUT2D eigenvalue weighted by molar-refractivity contribution is -0.139. The molecule has 0 unspecified atom stereocenters. The number of carbonyl (C=O) groups is 1. The molecular weight excluding hydrogens is 372 g/mol. The molecule has 1 N–H and O–H groups in total. The summed E-state index contributed by atoms with van der Waals surface area (Å²) in [6, 6.07) is 11.6. The first-order valence-electron chi connectivity index (χ1n) is 7.32. The molecule has 2 aromatic rings. The Morgan fingerprint density at radius 3 is 2.62 bits per heavy atom. The highest BCUT2D eigenvalue weighted by Crippen LogP contribution is 2.24. The zero-order valence-electron chi connectivity index (χ0n) is 13.4. The molecule has 24 heavy (non-hydrogen) atoms. The first-order valence-corrected chi connectivity index (χ1v) is 8.12. The zero-order chi connectivity index (χ0) is 17.7. The maximum Gasteiger partial charge on any atom is 0.348 e.